The molecule has 0 amide bonds. The molecule has 0 bridgehead atoms. The Balaban J connectivity index is 3.19. The number of hydrogen-bond donors (Lipinski definition) is 1. The first-order chi connectivity index (χ1) is 6.38. The number of nitrogens with zero attached hydrogens (tertiary/aromatic N) is 2. The molecular weight excluding hydrogens is 201 g/mol. The highest BCUT2D eigenvalue weighted by Crippen LogP contribution is 2.34. The van der Waals surface area contributed by atoms with Crippen LogP contribution in [0.15, 0.2) is 6.20 Å². The summed E-state index contributed by atoms with van der Waals surface area (Å²) in [5.41, 5.74) is -1.39. The van der Waals surface area contributed by atoms with Gasteiger partial charge in [-0.1, -0.05) is 0 Å². The minimum absolute atomic E-state index is 0.387. The Morgan fingerprint density at radius 2 is 2.14 bits per heavy atom. The van der Waals surface area contributed by atoms with Crippen LogP contribution in [0.5, 0.6) is 0 Å². The van der Waals surface area contributed by atoms with Crippen LogP contribution >= 0.6 is 0 Å². The van der Waals surface area contributed by atoms with E-state index in [1.807, 2.05) is 0 Å². The summed E-state index contributed by atoms with van der Waals surface area (Å²) in [4.78, 5) is 0. The lowest BCUT2D eigenvalue weighted by Crippen LogP contribution is -2.16. The fourth-order valence-electron chi connectivity index (χ4n) is 1.11. The predicted octanol–water partition coefficient (Wildman–Crippen LogP) is 1.08. The molecule has 14 heavy (non-hydrogen) atoms. The van der Waals surface area contributed by atoms with Crippen LogP contribution < -0.4 is 0 Å². The number of ether oxygens (including phenoxy) is 1. The lowest BCUT2D eigenvalue weighted by molar-refractivity contribution is -0.150. The summed E-state index contributed by atoms with van der Waals surface area (Å²) in [6, 6.07) is 0. The second-order valence-corrected chi connectivity index (χ2v) is 2.66. The van der Waals surface area contributed by atoms with E-state index in [-0.39, 0.29) is 5.56 Å². The number of halogens is 3. The van der Waals surface area contributed by atoms with Crippen LogP contribution in [0, 0.1) is 0 Å². The fourth-order valence-corrected chi connectivity index (χ4v) is 1.11. The Morgan fingerprint density at radius 1 is 1.57 bits per heavy atom. The van der Waals surface area contributed by atoms with Crippen molar-refractivity contribution in [2.75, 3.05) is 7.11 Å². The molecular formula is C7H9F3N2O2. The molecule has 80 valence electrons. The Bertz CT molecular complexity index is 321. The first-order valence-electron chi connectivity index (χ1n) is 3.68. The van der Waals surface area contributed by atoms with Gasteiger partial charge in [0.2, 0.25) is 0 Å². The number of aliphatic hydroxyl groups excluding tert-OH is 1. The van der Waals surface area contributed by atoms with Crippen molar-refractivity contribution >= 4 is 0 Å². The zero-order chi connectivity index (χ0) is 10.9. The quantitative estimate of drug-likeness (QED) is 0.743. The van der Waals surface area contributed by atoms with Crippen LogP contribution in [0.4, 0.5) is 13.2 Å². The molecule has 1 atom stereocenters. The number of hydrogen-bond acceptors (Lipinski definition) is 3. The molecule has 1 heterocycles. The third kappa shape index (κ3) is 1.88. The molecule has 1 aromatic heterocycles. The van der Waals surface area contributed by atoms with Gasteiger partial charge in [-0.05, 0) is 0 Å². The highest BCUT2D eigenvalue weighted by Gasteiger charge is 2.39. The van der Waals surface area contributed by atoms with E-state index in [9.17, 15) is 13.2 Å². The summed E-state index contributed by atoms with van der Waals surface area (Å²) in [6.45, 7) is 0. The van der Waals surface area contributed by atoms with E-state index in [0.717, 1.165) is 20.4 Å². The molecule has 0 aliphatic heterocycles. The highest BCUT2D eigenvalue weighted by molar-refractivity contribution is 5.21. The van der Waals surface area contributed by atoms with Gasteiger partial charge in [0.25, 0.3) is 0 Å². The maximum Gasteiger partial charge on any atom is 0.433 e. The van der Waals surface area contributed by atoms with Crippen LogP contribution in [0.3, 0.4) is 0 Å². The zero-order valence-electron chi connectivity index (χ0n) is 7.54. The maximum atomic E-state index is 12.4. The van der Waals surface area contributed by atoms with Gasteiger partial charge < -0.3 is 9.84 Å². The first kappa shape index (κ1) is 11.0. The van der Waals surface area contributed by atoms with Crippen LogP contribution in [-0.4, -0.2) is 22.0 Å². The van der Waals surface area contributed by atoms with Gasteiger partial charge >= 0.3 is 6.18 Å². The van der Waals surface area contributed by atoms with E-state index in [0.29, 0.717) is 4.68 Å². The SMILES string of the molecule is COC(O)c1cnn(C)c1C(F)(F)F. The van der Waals surface area contributed by atoms with Crippen molar-refractivity contribution in [2.45, 2.75) is 12.5 Å². The van der Waals surface area contributed by atoms with Gasteiger partial charge in [0.1, 0.15) is 0 Å². The van der Waals surface area contributed by atoms with Gasteiger partial charge in [-0.3, -0.25) is 4.68 Å². The van der Waals surface area contributed by atoms with Crippen molar-refractivity contribution in [3.63, 3.8) is 0 Å². The molecule has 7 heteroatoms. The molecule has 1 rings (SSSR count). The van der Waals surface area contributed by atoms with Gasteiger partial charge in [-0.2, -0.15) is 18.3 Å². The number of aliphatic hydroxyl groups is 1. The normalized spacial score (nSPS) is 14.4. The Morgan fingerprint density at radius 3 is 2.57 bits per heavy atom. The summed E-state index contributed by atoms with van der Waals surface area (Å²) >= 11 is 0. The second-order valence-electron chi connectivity index (χ2n) is 2.66. The lowest BCUT2D eigenvalue weighted by atomic mass is 10.2. The summed E-state index contributed by atoms with van der Waals surface area (Å²) in [7, 11) is 2.26. The average Bonchev–Trinajstić information content (AvgIpc) is 2.44. The zero-order valence-corrected chi connectivity index (χ0v) is 7.54. The number of rotatable bonds is 2. The molecule has 1 unspecified atom stereocenters. The first-order valence-corrected chi connectivity index (χ1v) is 3.68. The topological polar surface area (TPSA) is 47.3 Å². The summed E-state index contributed by atoms with van der Waals surface area (Å²) in [6.07, 6.45) is -5.24. The van der Waals surface area contributed by atoms with E-state index >= 15 is 0 Å². The summed E-state index contributed by atoms with van der Waals surface area (Å²) < 4.78 is 42.3. The van der Waals surface area contributed by atoms with Gasteiger partial charge in [0.15, 0.2) is 12.0 Å². The number of aryl methyl sites for hydroxylation is 1. The van der Waals surface area contributed by atoms with Crippen molar-refractivity contribution in [3.8, 4) is 0 Å². The average molecular weight is 210 g/mol. The molecule has 0 aromatic carbocycles. The predicted molar refractivity (Wildman–Crippen MR) is 40.2 cm³/mol. The number of methoxy groups -OCH3 is 1. The molecule has 0 fully saturated rings. The smallest absolute Gasteiger partial charge is 0.364 e. The molecule has 0 saturated heterocycles. The second kappa shape index (κ2) is 3.58. The summed E-state index contributed by atoms with van der Waals surface area (Å²) in [5, 5.41) is 12.5. The van der Waals surface area contributed by atoms with Gasteiger partial charge in [-0.15, -0.1) is 0 Å². The van der Waals surface area contributed by atoms with Gasteiger partial charge in [-0.25, -0.2) is 0 Å². The van der Waals surface area contributed by atoms with Crippen LogP contribution in [0.1, 0.15) is 17.5 Å². The van der Waals surface area contributed by atoms with E-state index in [2.05, 4.69) is 9.84 Å². The number of aromatic nitrogens is 2. The maximum absolute atomic E-state index is 12.4. The molecule has 0 radical (unpaired) electrons. The third-order valence-electron chi connectivity index (χ3n) is 1.72. The van der Waals surface area contributed by atoms with Gasteiger partial charge in [0, 0.05) is 14.2 Å². The lowest BCUT2D eigenvalue weighted by Gasteiger charge is -2.12. The van der Waals surface area contributed by atoms with E-state index in [1.165, 1.54) is 0 Å². The van der Waals surface area contributed by atoms with Crippen molar-refractivity contribution < 1.29 is 23.0 Å². The van der Waals surface area contributed by atoms with Crippen molar-refractivity contribution in [1.82, 2.24) is 9.78 Å². The van der Waals surface area contributed by atoms with E-state index in [4.69, 9.17) is 5.11 Å². The largest absolute Gasteiger partial charge is 0.433 e. The third-order valence-corrected chi connectivity index (χ3v) is 1.72. The minimum atomic E-state index is -4.56. The molecule has 1 N–H and O–H groups in total. The monoisotopic (exact) mass is 210 g/mol. The van der Waals surface area contributed by atoms with Crippen LogP contribution in [-0.2, 0) is 18.0 Å². The highest BCUT2D eigenvalue weighted by atomic mass is 19.4. The van der Waals surface area contributed by atoms with Crippen molar-refractivity contribution in [3.05, 3.63) is 17.5 Å². The fraction of sp³-hybridized carbons (Fsp3) is 0.571. The molecule has 0 aliphatic rings. The standard InChI is InChI=1S/C7H9F3N2O2/c1-12-5(7(8,9)10)4(3-11-12)6(13)14-2/h3,6,13H,1-2H3. The van der Waals surface area contributed by atoms with E-state index in [1.54, 1.807) is 0 Å². The molecule has 0 aliphatic carbocycles. The Hall–Kier alpha value is -1.08. The van der Waals surface area contributed by atoms with Crippen molar-refractivity contribution in [2.24, 2.45) is 7.05 Å². The summed E-state index contributed by atoms with van der Waals surface area (Å²) in [5.74, 6) is 0. The molecule has 0 saturated carbocycles. The van der Waals surface area contributed by atoms with E-state index < -0.39 is 18.2 Å². The molecule has 1 aromatic rings. The van der Waals surface area contributed by atoms with Crippen LogP contribution in [0.25, 0.3) is 0 Å². The van der Waals surface area contributed by atoms with Crippen LogP contribution in [0.2, 0.25) is 0 Å². The number of alkyl halides is 3. The Labute approximate surface area is 77.9 Å². The molecule has 4 nitrogen and oxygen atoms in total. The Kier molecular flexibility index (Phi) is 2.81. The molecule has 0 spiro atoms. The van der Waals surface area contributed by atoms with Gasteiger partial charge in [0.05, 0.1) is 11.8 Å². The van der Waals surface area contributed by atoms with Crippen molar-refractivity contribution in [1.29, 1.82) is 0 Å². The minimum Gasteiger partial charge on any atom is -0.364 e.